The molecule has 2 aromatic rings. The third-order valence-corrected chi connectivity index (χ3v) is 4.09. The van der Waals surface area contributed by atoms with Gasteiger partial charge < -0.3 is 20.1 Å². The molecule has 0 aromatic heterocycles. The second-order valence-corrected chi connectivity index (χ2v) is 6.28. The third-order valence-electron chi connectivity index (χ3n) is 4.09. The molecule has 0 aliphatic carbocycles. The Balaban J connectivity index is 1.95. The van der Waals surface area contributed by atoms with Crippen LogP contribution in [0.25, 0.3) is 0 Å². The summed E-state index contributed by atoms with van der Waals surface area (Å²) in [5.41, 5.74) is 0.943. The largest absolute Gasteiger partial charge is 0.490 e. The number of nitro groups is 1. The van der Waals surface area contributed by atoms with Crippen molar-refractivity contribution < 1.29 is 19.2 Å². The number of non-ortho nitro benzene ring substituents is 1. The zero-order chi connectivity index (χ0) is 22.6. The Kier molecular flexibility index (Phi) is 8.86. The van der Waals surface area contributed by atoms with E-state index in [0.717, 1.165) is 5.56 Å². The molecule has 0 unspecified atom stereocenters. The first-order valence-corrected chi connectivity index (χ1v) is 9.76. The Labute approximate surface area is 180 Å². The molecular weight excluding hydrogens is 400 g/mol. The van der Waals surface area contributed by atoms with E-state index in [0.29, 0.717) is 37.7 Å². The van der Waals surface area contributed by atoms with Gasteiger partial charge in [0.05, 0.1) is 18.1 Å². The lowest BCUT2D eigenvalue weighted by molar-refractivity contribution is -0.384. The van der Waals surface area contributed by atoms with Crippen LogP contribution in [0.4, 0.5) is 11.4 Å². The fraction of sp³-hybridized carbons (Fsp3) is 0.273. The summed E-state index contributed by atoms with van der Waals surface area (Å²) in [6.45, 7) is 5.35. The van der Waals surface area contributed by atoms with Crippen molar-refractivity contribution in [2.24, 2.45) is 0 Å². The van der Waals surface area contributed by atoms with Gasteiger partial charge >= 0.3 is 0 Å². The van der Waals surface area contributed by atoms with Gasteiger partial charge in [-0.2, -0.15) is 5.26 Å². The minimum atomic E-state index is -0.657. The Morgan fingerprint density at radius 3 is 2.58 bits per heavy atom. The van der Waals surface area contributed by atoms with E-state index in [4.69, 9.17) is 9.47 Å². The lowest BCUT2D eigenvalue weighted by Gasteiger charge is -2.12. The molecule has 1 amide bonds. The molecule has 0 aliphatic rings. The number of nitrogens with one attached hydrogen (secondary N) is 2. The van der Waals surface area contributed by atoms with Crippen LogP contribution in [0.1, 0.15) is 19.4 Å². The highest BCUT2D eigenvalue weighted by molar-refractivity contribution is 6.06. The smallest absolute Gasteiger partial charge is 0.271 e. The topological polar surface area (TPSA) is 127 Å². The number of nitrogens with zero attached hydrogens (tertiary/aromatic N) is 2. The number of ether oxygens (including phenoxy) is 2. The average molecular weight is 424 g/mol. The van der Waals surface area contributed by atoms with Crippen molar-refractivity contribution in [3.05, 3.63) is 69.9 Å². The molecule has 31 heavy (non-hydrogen) atoms. The molecule has 2 aromatic carbocycles. The summed E-state index contributed by atoms with van der Waals surface area (Å²) < 4.78 is 11.2. The molecule has 0 heterocycles. The first-order chi connectivity index (χ1) is 15.0. The maximum atomic E-state index is 12.3. The second kappa shape index (κ2) is 11.8. The number of hydrogen-bond acceptors (Lipinski definition) is 7. The van der Waals surface area contributed by atoms with Gasteiger partial charge in [-0.05, 0) is 44.0 Å². The molecule has 9 nitrogen and oxygen atoms in total. The fourth-order valence-electron chi connectivity index (χ4n) is 2.69. The number of benzene rings is 2. The Bertz CT molecular complexity index is 998. The highest BCUT2D eigenvalue weighted by atomic mass is 16.6. The van der Waals surface area contributed by atoms with Crippen LogP contribution in [0.2, 0.25) is 0 Å². The number of nitriles is 1. The minimum Gasteiger partial charge on any atom is -0.490 e. The third kappa shape index (κ3) is 7.04. The van der Waals surface area contributed by atoms with E-state index in [1.807, 2.05) is 38.1 Å². The summed E-state index contributed by atoms with van der Waals surface area (Å²) in [5.74, 6) is 0.701. The first kappa shape index (κ1) is 23.2. The number of nitro benzene ring substituents is 1. The maximum Gasteiger partial charge on any atom is 0.271 e. The zero-order valence-corrected chi connectivity index (χ0v) is 17.4. The van der Waals surface area contributed by atoms with Gasteiger partial charge in [-0.15, -0.1) is 0 Å². The predicted molar refractivity (Wildman–Crippen MR) is 116 cm³/mol. The molecule has 0 saturated heterocycles. The average Bonchev–Trinajstić information content (AvgIpc) is 2.76. The molecule has 0 fully saturated rings. The van der Waals surface area contributed by atoms with Crippen LogP contribution in [0.5, 0.6) is 11.5 Å². The van der Waals surface area contributed by atoms with E-state index in [1.54, 1.807) is 0 Å². The van der Waals surface area contributed by atoms with Crippen molar-refractivity contribution in [3.63, 3.8) is 0 Å². The Morgan fingerprint density at radius 1 is 1.16 bits per heavy atom. The Hall–Kier alpha value is -4.06. The molecule has 0 radical (unpaired) electrons. The molecule has 0 atom stereocenters. The van der Waals surface area contributed by atoms with Crippen LogP contribution in [0.15, 0.2) is 54.2 Å². The van der Waals surface area contributed by atoms with E-state index >= 15 is 0 Å². The SMILES string of the molecule is CCOc1ccc(CCN/C=C(/C#N)C(=O)Nc2cccc([N+](=O)[O-])c2)cc1OCC. The van der Waals surface area contributed by atoms with E-state index in [-0.39, 0.29) is 16.9 Å². The number of carbonyl (C=O) groups is 1. The number of amides is 1. The second-order valence-electron chi connectivity index (χ2n) is 6.28. The van der Waals surface area contributed by atoms with Crippen molar-refractivity contribution in [2.75, 3.05) is 25.1 Å². The molecule has 0 spiro atoms. The molecule has 2 N–H and O–H groups in total. The van der Waals surface area contributed by atoms with Crippen molar-refractivity contribution >= 4 is 17.3 Å². The number of hydrogen-bond donors (Lipinski definition) is 2. The summed E-state index contributed by atoms with van der Waals surface area (Å²) in [4.78, 5) is 22.5. The highest BCUT2D eigenvalue weighted by Gasteiger charge is 2.12. The summed E-state index contributed by atoms with van der Waals surface area (Å²) in [6.07, 6.45) is 1.96. The van der Waals surface area contributed by atoms with Gasteiger partial charge in [-0.25, -0.2) is 0 Å². The fourth-order valence-corrected chi connectivity index (χ4v) is 2.69. The quantitative estimate of drug-likeness (QED) is 0.186. The zero-order valence-electron chi connectivity index (χ0n) is 17.4. The summed E-state index contributed by atoms with van der Waals surface area (Å²) in [5, 5.41) is 25.5. The van der Waals surface area contributed by atoms with Crippen LogP contribution < -0.4 is 20.1 Å². The van der Waals surface area contributed by atoms with Crippen LogP contribution in [0, 0.1) is 21.4 Å². The molecule has 2 rings (SSSR count). The number of rotatable bonds is 11. The Morgan fingerprint density at radius 2 is 1.90 bits per heavy atom. The van der Waals surface area contributed by atoms with Crippen molar-refractivity contribution in [1.29, 1.82) is 5.26 Å². The van der Waals surface area contributed by atoms with Crippen molar-refractivity contribution in [3.8, 4) is 17.6 Å². The molecule has 0 saturated carbocycles. The van der Waals surface area contributed by atoms with Crippen LogP contribution >= 0.6 is 0 Å². The summed E-state index contributed by atoms with van der Waals surface area (Å²) in [6, 6.07) is 13.0. The predicted octanol–water partition coefficient (Wildman–Crippen LogP) is 3.57. The van der Waals surface area contributed by atoms with Gasteiger partial charge in [0.25, 0.3) is 11.6 Å². The van der Waals surface area contributed by atoms with Crippen molar-refractivity contribution in [2.45, 2.75) is 20.3 Å². The standard InChI is InChI=1S/C22H24N4O5/c1-3-30-20-9-8-16(12-21(20)31-4-2)10-11-24-15-17(14-23)22(27)25-18-6-5-7-19(13-18)26(28)29/h5-9,12-13,15,24H,3-4,10-11H2,1-2H3,(H,25,27)/b17-15-. The van der Waals surface area contributed by atoms with Gasteiger partial charge in [0.1, 0.15) is 11.6 Å². The van der Waals surface area contributed by atoms with E-state index in [9.17, 15) is 20.2 Å². The number of anilines is 1. The van der Waals surface area contributed by atoms with Crippen LogP contribution in [0.3, 0.4) is 0 Å². The lowest BCUT2D eigenvalue weighted by atomic mass is 10.1. The van der Waals surface area contributed by atoms with Gasteiger partial charge in [-0.3, -0.25) is 14.9 Å². The van der Waals surface area contributed by atoms with Gasteiger partial charge in [0.2, 0.25) is 0 Å². The summed E-state index contributed by atoms with van der Waals surface area (Å²) >= 11 is 0. The van der Waals surface area contributed by atoms with E-state index in [1.165, 1.54) is 30.5 Å². The normalized spacial score (nSPS) is 10.7. The highest BCUT2D eigenvalue weighted by Crippen LogP contribution is 2.28. The van der Waals surface area contributed by atoms with E-state index in [2.05, 4.69) is 10.6 Å². The van der Waals surface area contributed by atoms with Gasteiger partial charge in [-0.1, -0.05) is 12.1 Å². The summed E-state index contributed by atoms with van der Waals surface area (Å²) in [7, 11) is 0. The van der Waals surface area contributed by atoms with Gasteiger partial charge in [0.15, 0.2) is 11.5 Å². The van der Waals surface area contributed by atoms with Crippen LogP contribution in [-0.4, -0.2) is 30.6 Å². The molecule has 9 heteroatoms. The minimum absolute atomic E-state index is 0.145. The van der Waals surface area contributed by atoms with Gasteiger partial charge in [0, 0.05) is 30.6 Å². The molecule has 0 bridgehead atoms. The lowest BCUT2D eigenvalue weighted by Crippen LogP contribution is -2.18. The number of carbonyl (C=O) groups excluding carboxylic acids is 1. The first-order valence-electron chi connectivity index (χ1n) is 9.76. The van der Waals surface area contributed by atoms with Crippen LogP contribution in [-0.2, 0) is 11.2 Å². The monoisotopic (exact) mass is 424 g/mol. The van der Waals surface area contributed by atoms with E-state index < -0.39 is 10.8 Å². The van der Waals surface area contributed by atoms with Crippen molar-refractivity contribution in [1.82, 2.24) is 5.32 Å². The maximum absolute atomic E-state index is 12.3. The molecule has 162 valence electrons. The molecule has 0 aliphatic heterocycles. The molecular formula is C22H24N4O5.